The Morgan fingerprint density at radius 1 is 1.33 bits per heavy atom. The molecule has 2 N–H and O–H groups in total. The highest BCUT2D eigenvalue weighted by Crippen LogP contribution is 2.26. The minimum absolute atomic E-state index is 0.744. The van der Waals surface area contributed by atoms with Gasteiger partial charge in [-0.2, -0.15) is 0 Å². The zero-order valence-electron chi connectivity index (χ0n) is 7.16. The van der Waals surface area contributed by atoms with Crippen LogP contribution in [-0.2, 0) is 6.42 Å². The normalized spacial score (nSPS) is 14.9. The van der Waals surface area contributed by atoms with Crippen LogP contribution in [0, 0.1) is 0 Å². The van der Waals surface area contributed by atoms with Gasteiger partial charge in [-0.3, -0.25) is 0 Å². The molecule has 0 amide bonds. The number of rotatable bonds is 2. The molecule has 0 aliphatic carbocycles. The van der Waals surface area contributed by atoms with Crippen molar-refractivity contribution in [1.29, 1.82) is 0 Å². The van der Waals surface area contributed by atoms with Gasteiger partial charge in [0.05, 0.1) is 0 Å². The van der Waals surface area contributed by atoms with Gasteiger partial charge in [-0.05, 0) is 18.1 Å². The van der Waals surface area contributed by atoms with Crippen molar-refractivity contribution in [1.82, 2.24) is 0 Å². The van der Waals surface area contributed by atoms with Crippen LogP contribution < -0.4 is 10.6 Å². The molecule has 0 unspecified atom stereocenters. The highest BCUT2D eigenvalue weighted by Gasteiger charge is 2.16. The van der Waals surface area contributed by atoms with Crippen molar-refractivity contribution in [2.75, 3.05) is 24.5 Å². The molecule has 1 heterocycles. The van der Waals surface area contributed by atoms with Gasteiger partial charge in [0.2, 0.25) is 0 Å². The topological polar surface area (TPSA) is 29.3 Å². The van der Waals surface area contributed by atoms with Crippen molar-refractivity contribution in [2.24, 2.45) is 5.73 Å². The van der Waals surface area contributed by atoms with Crippen LogP contribution >= 0.6 is 0 Å². The third-order valence-corrected chi connectivity index (χ3v) is 2.38. The second kappa shape index (κ2) is 3.15. The SMILES string of the molecule is NCCN1CCc2ccccc21. The smallest absolute Gasteiger partial charge is 0.0399 e. The lowest BCUT2D eigenvalue weighted by molar-refractivity contribution is 0.821. The fraction of sp³-hybridized carbons (Fsp3) is 0.400. The fourth-order valence-electron chi connectivity index (χ4n) is 1.79. The van der Waals surface area contributed by atoms with Crippen LogP contribution in [-0.4, -0.2) is 19.6 Å². The summed E-state index contributed by atoms with van der Waals surface area (Å²) in [6.45, 7) is 2.86. The molecule has 0 fully saturated rings. The molecule has 0 saturated heterocycles. The van der Waals surface area contributed by atoms with E-state index in [4.69, 9.17) is 5.73 Å². The number of benzene rings is 1. The number of anilines is 1. The number of hydrogen-bond acceptors (Lipinski definition) is 2. The summed E-state index contributed by atoms with van der Waals surface area (Å²) in [6, 6.07) is 8.57. The Hall–Kier alpha value is -1.02. The lowest BCUT2D eigenvalue weighted by Crippen LogP contribution is -2.27. The van der Waals surface area contributed by atoms with Crippen molar-refractivity contribution in [3.8, 4) is 0 Å². The summed E-state index contributed by atoms with van der Waals surface area (Å²) in [4.78, 5) is 2.36. The number of hydrogen-bond donors (Lipinski definition) is 1. The Labute approximate surface area is 73.0 Å². The largest absolute Gasteiger partial charge is 0.370 e. The average molecular weight is 162 g/mol. The highest BCUT2D eigenvalue weighted by atomic mass is 15.1. The standard InChI is InChI=1S/C10H14N2/c11-6-8-12-7-5-9-3-1-2-4-10(9)12/h1-4H,5-8,11H2. The molecule has 0 atom stereocenters. The van der Waals surface area contributed by atoms with E-state index in [2.05, 4.69) is 29.2 Å². The molecule has 0 saturated carbocycles. The zero-order valence-corrected chi connectivity index (χ0v) is 7.16. The maximum atomic E-state index is 5.52. The Morgan fingerprint density at radius 2 is 2.17 bits per heavy atom. The minimum Gasteiger partial charge on any atom is -0.370 e. The summed E-state index contributed by atoms with van der Waals surface area (Å²) in [5, 5.41) is 0. The maximum absolute atomic E-state index is 5.52. The number of fused-ring (bicyclic) bond motifs is 1. The first-order valence-corrected chi connectivity index (χ1v) is 4.45. The predicted octanol–water partition coefficient (Wildman–Crippen LogP) is 1.01. The molecule has 0 radical (unpaired) electrons. The summed E-state index contributed by atoms with van der Waals surface area (Å²) in [5.74, 6) is 0. The lowest BCUT2D eigenvalue weighted by Gasteiger charge is -2.17. The molecule has 64 valence electrons. The number of nitrogens with zero attached hydrogens (tertiary/aromatic N) is 1. The first-order valence-electron chi connectivity index (χ1n) is 4.45. The van der Waals surface area contributed by atoms with Crippen molar-refractivity contribution in [2.45, 2.75) is 6.42 Å². The van der Waals surface area contributed by atoms with E-state index in [-0.39, 0.29) is 0 Å². The molecule has 1 aliphatic heterocycles. The van der Waals surface area contributed by atoms with Gasteiger partial charge >= 0.3 is 0 Å². The number of nitrogens with two attached hydrogens (primary N) is 1. The van der Waals surface area contributed by atoms with Crippen molar-refractivity contribution < 1.29 is 0 Å². The second-order valence-corrected chi connectivity index (χ2v) is 3.15. The van der Waals surface area contributed by atoms with E-state index in [0.29, 0.717) is 0 Å². The Morgan fingerprint density at radius 3 is 3.00 bits per heavy atom. The molecular weight excluding hydrogens is 148 g/mol. The van der Waals surface area contributed by atoms with Crippen LogP contribution in [0.15, 0.2) is 24.3 Å². The van der Waals surface area contributed by atoms with E-state index in [1.54, 1.807) is 0 Å². The minimum atomic E-state index is 0.744. The fourth-order valence-corrected chi connectivity index (χ4v) is 1.79. The van der Waals surface area contributed by atoms with Crippen LogP contribution in [0.5, 0.6) is 0 Å². The van der Waals surface area contributed by atoms with Gasteiger partial charge in [0, 0.05) is 25.3 Å². The van der Waals surface area contributed by atoms with E-state index >= 15 is 0 Å². The molecule has 1 aliphatic rings. The molecular formula is C10H14N2. The molecule has 1 aromatic carbocycles. The summed E-state index contributed by atoms with van der Waals surface area (Å²) in [7, 11) is 0. The van der Waals surface area contributed by atoms with Crippen molar-refractivity contribution in [3.63, 3.8) is 0 Å². The predicted molar refractivity (Wildman–Crippen MR) is 51.4 cm³/mol. The first kappa shape index (κ1) is 7.62. The maximum Gasteiger partial charge on any atom is 0.0399 e. The molecule has 2 rings (SSSR count). The average Bonchev–Trinajstić information content (AvgIpc) is 2.50. The summed E-state index contributed by atoms with van der Waals surface area (Å²) in [5.41, 5.74) is 8.37. The highest BCUT2D eigenvalue weighted by molar-refractivity contribution is 5.57. The van der Waals surface area contributed by atoms with Gasteiger partial charge in [-0.15, -0.1) is 0 Å². The Balaban J connectivity index is 2.24. The van der Waals surface area contributed by atoms with Gasteiger partial charge in [0.1, 0.15) is 0 Å². The molecule has 2 nitrogen and oxygen atoms in total. The number of para-hydroxylation sites is 1. The quantitative estimate of drug-likeness (QED) is 0.703. The summed E-state index contributed by atoms with van der Waals surface area (Å²) < 4.78 is 0. The van der Waals surface area contributed by atoms with Crippen molar-refractivity contribution in [3.05, 3.63) is 29.8 Å². The second-order valence-electron chi connectivity index (χ2n) is 3.15. The van der Waals surface area contributed by atoms with Gasteiger partial charge in [0.15, 0.2) is 0 Å². The third-order valence-electron chi connectivity index (χ3n) is 2.38. The van der Waals surface area contributed by atoms with Gasteiger partial charge < -0.3 is 10.6 Å². The van der Waals surface area contributed by atoms with Crippen LogP contribution in [0.3, 0.4) is 0 Å². The van der Waals surface area contributed by atoms with Gasteiger partial charge in [-0.1, -0.05) is 18.2 Å². The van der Waals surface area contributed by atoms with Gasteiger partial charge in [0.25, 0.3) is 0 Å². The zero-order chi connectivity index (χ0) is 8.39. The van der Waals surface area contributed by atoms with E-state index < -0.39 is 0 Å². The van der Waals surface area contributed by atoms with Gasteiger partial charge in [-0.25, -0.2) is 0 Å². The molecule has 0 bridgehead atoms. The molecule has 0 aromatic heterocycles. The molecule has 1 aromatic rings. The monoisotopic (exact) mass is 162 g/mol. The van der Waals surface area contributed by atoms with Crippen LogP contribution in [0.4, 0.5) is 5.69 Å². The molecule has 12 heavy (non-hydrogen) atoms. The Bertz CT molecular complexity index is 268. The van der Waals surface area contributed by atoms with Crippen LogP contribution in [0.1, 0.15) is 5.56 Å². The molecule has 0 spiro atoms. The van der Waals surface area contributed by atoms with Crippen LogP contribution in [0.25, 0.3) is 0 Å². The van der Waals surface area contributed by atoms with Crippen molar-refractivity contribution >= 4 is 5.69 Å². The Kier molecular flexibility index (Phi) is 2.00. The van der Waals surface area contributed by atoms with Crippen LogP contribution in [0.2, 0.25) is 0 Å². The van der Waals surface area contributed by atoms with E-state index in [1.165, 1.54) is 17.7 Å². The summed E-state index contributed by atoms with van der Waals surface area (Å²) >= 11 is 0. The molecule has 2 heteroatoms. The van der Waals surface area contributed by atoms with E-state index in [9.17, 15) is 0 Å². The van der Waals surface area contributed by atoms with E-state index in [1.807, 2.05) is 0 Å². The third kappa shape index (κ3) is 1.18. The lowest BCUT2D eigenvalue weighted by atomic mass is 10.2. The first-order chi connectivity index (χ1) is 5.92. The van der Waals surface area contributed by atoms with E-state index in [0.717, 1.165) is 19.6 Å². The summed E-state index contributed by atoms with van der Waals surface area (Å²) in [6.07, 6.45) is 1.18.